The summed E-state index contributed by atoms with van der Waals surface area (Å²) in [5, 5.41) is 2.32. The Morgan fingerprint density at radius 3 is 2.48 bits per heavy atom. The number of sulfone groups is 1. The van der Waals surface area contributed by atoms with Crippen molar-refractivity contribution in [1.29, 1.82) is 0 Å². The molecule has 6 nitrogen and oxygen atoms in total. The van der Waals surface area contributed by atoms with E-state index in [9.17, 15) is 22.0 Å². The number of halogens is 3. The van der Waals surface area contributed by atoms with Crippen LogP contribution in [0.3, 0.4) is 0 Å². The lowest BCUT2D eigenvalue weighted by atomic mass is 10.1. The van der Waals surface area contributed by atoms with E-state index < -0.39 is 33.5 Å². The predicted molar refractivity (Wildman–Crippen MR) is 111 cm³/mol. The molecule has 0 saturated heterocycles. The van der Waals surface area contributed by atoms with Gasteiger partial charge in [-0.1, -0.05) is 35.1 Å². The first-order valence-corrected chi connectivity index (χ1v) is 11.8. The summed E-state index contributed by atoms with van der Waals surface area (Å²) in [5.74, 6) is -2.95. The van der Waals surface area contributed by atoms with E-state index in [1.165, 1.54) is 30.3 Å². The maximum absolute atomic E-state index is 13.6. The van der Waals surface area contributed by atoms with E-state index in [2.05, 4.69) is 16.5 Å². The van der Waals surface area contributed by atoms with Crippen LogP contribution in [0.25, 0.3) is 0 Å². The molecule has 1 atom stereocenters. The molecule has 11 heteroatoms. The SMILES string of the molecule is O=C(Nc1n[c]c(Cl)s1)C(Oc1ccc(F)c(F)c1)c1ccc(S(=O)(=O)C2CC2)cc1. The zero-order valence-electron chi connectivity index (χ0n) is 15.6. The Bertz CT molecular complexity index is 1230. The summed E-state index contributed by atoms with van der Waals surface area (Å²) in [6.45, 7) is 0. The number of hydrogen-bond acceptors (Lipinski definition) is 6. The van der Waals surface area contributed by atoms with Gasteiger partial charge in [-0.05, 0) is 37.1 Å². The highest BCUT2D eigenvalue weighted by Gasteiger charge is 2.37. The summed E-state index contributed by atoms with van der Waals surface area (Å²) >= 11 is 6.75. The number of carbonyl (C=O) groups excluding carboxylic acids is 1. The second kappa shape index (κ2) is 8.52. The molecule has 1 aliphatic carbocycles. The van der Waals surface area contributed by atoms with Gasteiger partial charge in [0.05, 0.1) is 10.1 Å². The first kappa shape index (κ1) is 21.7. The molecule has 2 aromatic carbocycles. The summed E-state index contributed by atoms with van der Waals surface area (Å²) in [4.78, 5) is 16.8. The smallest absolute Gasteiger partial charge is 0.271 e. The van der Waals surface area contributed by atoms with Crippen molar-refractivity contribution in [2.24, 2.45) is 0 Å². The molecule has 1 aromatic heterocycles. The molecule has 0 spiro atoms. The zero-order valence-corrected chi connectivity index (χ0v) is 18.0. The number of nitrogens with one attached hydrogen (secondary N) is 1. The Morgan fingerprint density at radius 1 is 1.19 bits per heavy atom. The van der Waals surface area contributed by atoms with Gasteiger partial charge >= 0.3 is 0 Å². The number of thiazole rings is 1. The van der Waals surface area contributed by atoms with Crippen LogP contribution in [0, 0.1) is 17.8 Å². The molecule has 3 aromatic rings. The maximum atomic E-state index is 13.6. The van der Waals surface area contributed by atoms with E-state index in [1.54, 1.807) is 0 Å². The van der Waals surface area contributed by atoms with Crippen LogP contribution in [0.4, 0.5) is 13.9 Å². The Labute approximate surface area is 185 Å². The van der Waals surface area contributed by atoms with Gasteiger partial charge < -0.3 is 4.74 Å². The quantitative estimate of drug-likeness (QED) is 0.532. The third-order valence-electron chi connectivity index (χ3n) is 4.52. The molecule has 1 saturated carbocycles. The van der Waals surface area contributed by atoms with Crippen LogP contribution < -0.4 is 10.1 Å². The fraction of sp³-hybridized carbons (Fsp3) is 0.200. The number of carbonyl (C=O) groups is 1. The summed E-state index contributed by atoms with van der Waals surface area (Å²) in [5.41, 5.74) is 0.309. The van der Waals surface area contributed by atoms with Crippen LogP contribution in [0.2, 0.25) is 4.34 Å². The first-order chi connectivity index (χ1) is 14.7. The van der Waals surface area contributed by atoms with Gasteiger partial charge in [-0.25, -0.2) is 22.2 Å². The molecule has 0 aliphatic heterocycles. The third-order valence-corrected chi connectivity index (χ3v) is 7.77. The maximum Gasteiger partial charge on any atom is 0.271 e. The molecule has 1 N–H and O–H groups in total. The van der Waals surface area contributed by atoms with Crippen molar-refractivity contribution in [3.8, 4) is 5.75 Å². The average Bonchev–Trinajstić information content (AvgIpc) is 3.52. The number of aromatic nitrogens is 1. The highest BCUT2D eigenvalue weighted by molar-refractivity contribution is 7.92. The Balaban J connectivity index is 1.63. The second-order valence-electron chi connectivity index (χ2n) is 6.78. The average molecular weight is 484 g/mol. The highest BCUT2D eigenvalue weighted by Crippen LogP contribution is 2.34. The number of rotatable bonds is 7. The molecule has 4 rings (SSSR count). The highest BCUT2D eigenvalue weighted by atomic mass is 35.5. The first-order valence-electron chi connectivity index (χ1n) is 9.04. The van der Waals surface area contributed by atoms with Gasteiger partial charge in [0.2, 0.25) is 6.10 Å². The van der Waals surface area contributed by atoms with Crippen LogP contribution in [0.1, 0.15) is 24.5 Å². The van der Waals surface area contributed by atoms with Crippen molar-refractivity contribution < 1.29 is 26.7 Å². The molecule has 1 aliphatic rings. The molecule has 0 bridgehead atoms. The van der Waals surface area contributed by atoms with Crippen molar-refractivity contribution in [3.63, 3.8) is 0 Å². The lowest BCUT2D eigenvalue weighted by molar-refractivity contribution is -0.123. The van der Waals surface area contributed by atoms with Crippen LogP contribution in [-0.4, -0.2) is 24.6 Å². The molecule has 31 heavy (non-hydrogen) atoms. The van der Waals surface area contributed by atoms with E-state index in [0.717, 1.165) is 23.5 Å². The third kappa shape index (κ3) is 4.86. The van der Waals surface area contributed by atoms with Gasteiger partial charge in [-0.2, -0.15) is 0 Å². The summed E-state index contributed by atoms with van der Waals surface area (Å²) in [6, 6.07) is 8.55. The van der Waals surface area contributed by atoms with Gasteiger partial charge in [0.15, 0.2) is 26.6 Å². The molecule has 1 fully saturated rings. The van der Waals surface area contributed by atoms with Crippen molar-refractivity contribution in [2.45, 2.75) is 29.1 Å². The number of nitrogens with zero attached hydrogens (tertiary/aromatic N) is 1. The van der Waals surface area contributed by atoms with Gasteiger partial charge in [-0.15, -0.1) is 0 Å². The Hall–Kier alpha value is -2.56. The monoisotopic (exact) mass is 483 g/mol. The summed E-state index contributed by atoms with van der Waals surface area (Å²) in [7, 11) is -3.40. The van der Waals surface area contributed by atoms with Gasteiger partial charge in [0.25, 0.3) is 5.91 Å². The van der Waals surface area contributed by atoms with Crippen molar-refractivity contribution in [3.05, 3.63) is 70.2 Å². The minimum absolute atomic E-state index is 0.0857. The molecule has 1 heterocycles. The lowest BCUT2D eigenvalue weighted by Gasteiger charge is -2.19. The molecular weight excluding hydrogens is 470 g/mol. The Morgan fingerprint density at radius 2 is 1.90 bits per heavy atom. The number of ether oxygens (including phenoxy) is 1. The predicted octanol–water partition coefficient (Wildman–Crippen LogP) is 4.57. The van der Waals surface area contributed by atoms with E-state index >= 15 is 0 Å². The lowest BCUT2D eigenvalue weighted by Crippen LogP contribution is -2.25. The molecular formula is C20H14ClF2N2O4S2. The fourth-order valence-electron chi connectivity index (χ4n) is 2.81. The summed E-state index contributed by atoms with van der Waals surface area (Å²) in [6.07, 6.45) is 2.43. The zero-order chi connectivity index (χ0) is 22.2. The number of hydrogen-bond donors (Lipinski definition) is 1. The normalized spacial score (nSPS) is 14.8. The molecule has 161 valence electrons. The second-order valence-corrected chi connectivity index (χ2v) is 10.6. The van der Waals surface area contributed by atoms with Crippen LogP contribution in [0.15, 0.2) is 47.4 Å². The van der Waals surface area contributed by atoms with Crippen LogP contribution in [0.5, 0.6) is 5.75 Å². The van der Waals surface area contributed by atoms with Crippen LogP contribution >= 0.6 is 22.9 Å². The van der Waals surface area contributed by atoms with E-state index in [4.69, 9.17) is 16.3 Å². The Kier molecular flexibility index (Phi) is 5.96. The largest absolute Gasteiger partial charge is 0.476 e. The van der Waals surface area contributed by atoms with Crippen molar-refractivity contribution in [1.82, 2.24) is 4.98 Å². The van der Waals surface area contributed by atoms with E-state index in [0.29, 0.717) is 18.4 Å². The van der Waals surface area contributed by atoms with Crippen LogP contribution in [-0.2, 0) is 14.6 Å². The van der Waals surface area contributed by atoms with E-state index in [1.807, 2.05) is 0 Å². The fourth-order valence-corrected chi connectivity index (χ4v) is 5.23. The molecule has 1 radical (unpaired) electrons. The van der Waals surface area contributed by atoms with Gasteiger partial charge in [0.1, 0.15) is 16.3 Å². The molecule has 1 unspecified atom stereocenters. The molecule has 1 amide bonds. The van der Waals surface area contributed by atoms with Gasteiger partial charge in [0, 0.05) is 11.6 Å². The van der Waals surface area contributed by atoms with Crippen molar-refractivity contribution >= 4 is 43.8 Å². The number of anilines is 1. The summed E-state index contributed by atoms with van der Waals surface area (Å²) < 4.78 is 57.5. The van der Waals surface area contributed by atoms with E-state index in [-0.39, 0.29) is 25.4 Å². The number of amides is 1. The standard InChI is InChI=1S/C20H14ClF2N2O4S2/c21-17-10-24-20(30-17)25-19(26)18(29-12-3-8-15(22)16(23)9-12)11-1-4-13(5-2-11)31(27,28)14-6-7-14/h1-5,8-9,14,18H,6-7H2,(H,24,25,26). The topological polar surface area (TPSA) is 85.4 Å². The van der Waals surface area contributed by atoms with Gasteiger partial charge in [-0.3, -0.25) is 10.1 Å². The van der Waals surface area contributed by atoms with Crippen molar-refractivity contribution in [2.75, 3.05) is 5.32 Å². The minimum Gasteiger partial charge on any atom is -0.476 e. The number of benzene rings is 2. The minimum atomic E-state index is -3.40.